The molecule has 132 valence electrons. The summed E-state index contributed by atoms with van der Waals surface area (Å²) < 4.78 is 0. The van der Waals surface area contributed by atoms with Crippen LogP contribution in [0.3, 0.4) is 0 Å². The molecule has 0 saturated heterocycles. The van der Waals surface area contributed by atoms with Crippen LogP contribution in [0.25, 0.3) is 0 Å². The minimum absolute atomic E-state index is 0.282. The van der Waals surface area contributed by atoms with Crippen molar-refractivity contribution in [2.75, 3.05) is 10.6 Å². The molecule has 26 heavy (non-hydrogen) atoms. The van der Waals surface area contributed by atoms with Crippen LogP contribution in [0.2, 0.25) is 5.02 Å². The number of hydrogen-bond acceptors (Lipinski definition) is 4. The van der Waals surface area contributed by atoms with Gasteiger partial charge in [-0.2, -0.15) is 0 Å². The lowest BCUT2D eigenvalue weighted by Crippen LogP contribution is -2.13. The third-order valence-corrected chi connectivity index (χ3v) is 4.28. The number of anilines is 2. The molecule has 0 saturated carbocycles. The molecule has 2 aromatic carbocycles. The van der Waals surface area contributed by atoms with E-state index >= 15 is 0 Å². The van der Waals surface area contributed by atoms with Crippen molar-refractivity contribution in [3.63, 3.8) is 0 Å². The van der Waals surface area contributed by atoms with E-state index in [1.54, 1.807) is 12.1 Å². The van der Waals surface area contributed by atoms with E-state index in [1.807, 2.05) is 25.1 Å². The minimum atomic E-state index is -0.282. The monoisotopic (exact) mass is 366 g/mol. The van der Waals surface area contributed by atoms with Gasteiger partial charge in [0, 0.05) is 29.6 Å². The SMILES string of the molecule is Cc1cccc(CNc2ncc(C(=O)Nc3ccc(C)c(Cl)c3)cn2)c1. The highest BCUT2D eigenvalue weighted by Crippen LogP contribution is 2.20. The Bertz CT molecular complexity index is 925. The summed E-state index contributed by atoms with van der Waals surface area (Å²) in [5.41, 5.74) is 4.31. The first-order chi connectivity index (χ1) is 12.5. The third-order valence-electron chi connectivity index (χ3n) is 3.88. The van der Waals surface area contributed by atoms with Crippen molar-refractivity contribution in [1.82, 2.24) is 9.97 Å². The molecule has 6 heteroatoms. The molecule has 0 fully saturated rings. The molecule has 0 atom stereocenters. The molecule has 5 nitrogen and oxygen atoms in total. The van der Waals surface area contributed by atoms with Gasteiger partial charge in [-0.05, 0) is 37.1 Å². The van der Waals surface area contributed by atoms with Crippen LogP contribution >= 0.6 is 11.6 Å². The first kappa shape index (κ1) is 17.9. The van der Waals surface area contributed by atoms with Gasteiger partial charge in [-0.25, -0.2) is 9.97 Å². The molecule has 0 aliphatic carbocycles. The quantitative estimate of drug-likeness (QED) is 0.691. The van der Waals surface area contributed by atoms with Gasteiger partial charge in [0.25, 0.3) is 5.91 Å². The van der Waals surface area contributed by atoms with Crippen molar-refractivity contribution < 1.29 is 4.79 Å². The van der Waals surface area contributed by atoms with Crippen LogP contribution in [0.5, 0.6) is 0 Å². The maximum atomic E-state index is 12.3. The topological polar surface area (TPSA) is 66.9 Å². The molecule has 0 radical (unpaired) electrons. The number of aryl methyl sites for hydroxylation is 2. The lowest BCUT2D eigenvalue weighted by molar-refractivity contribution is 0.102. The highest BCUT2D eigenvalue weighted by atomic mass is 35.5. The molecule has 1 amide bonds. The van der Waals surface area contributed by atoms with Crippen LogP contribution < -0.4 is 10.6 Å². The van der Waals surface area contributed by atoms with Gasteiger partial charge in [-0.1, -0.05) is 47.5 Å². The summed E-state index contributed by atoms with van der Waals surface area (Å²) in [7, 11) is 0. The van der Waals surface area contributed by atoms with Crippen LogP contribution in [0.4, 0.5) is 11.6 Å². The maximum absolute atomic E-state index is 12.3. The Morgan fingerprint density at radius 1 is 1.08 bits per heavy atom. The number of aromatic nitrogens is 2. The van der Waals surface area contributed by atoms with E-state index in [0.29, 0.717) is 28.8 Å². The highest BCUT2D eigenvalue weighted by Gasteiger charge is 2.08. The number of halogens is 1. The first-order valence-electron chi connectivity index (χ1n) is 8.20. The number of rotatable bonds is 5. The van der Waals surface area contributed by atoms with Gasteiger partial charge >= 0.3 is 0 Å². The van der Waals surface area contributed by atoms with Gasteiger partial charge in [0.2, 0.25) is 5.95 Å². The van der Waals surface area contributed by atoms with Crippen molar-refractivity contribution >= 4 is 29.1 Å². The highest BCUT2D eigenvalue weighted by molar-refractivity contribution is 6.31. The number of benzene rings is 2. The smallest absolute Gasteiger partial charge is 0.258 e. The molecule has 0 bridgehead atoms. The van der Waals surface area contributed by atoms with E-state index in [1.165, 1.54) is 18.0 Å². The zero-order chi connectivity index (χ0) is 18.5. The molecule has 0 spiro atoms. The zero-order valence-electron chi connectivity index (χ0n) is 14.6. The van der Waals surface area contributed by atoms with Crippen molar-refractivity contribution in [1.29, 1.82) is 0 Å². The molecule has 2 N–H and O–H groups in total. The Morgan fingerprint density at radius 3 is 2.54 bits per heavy atom. The summed E-state index contributed by atoms with van der Waals surface area (Å²) in [6.07, 6.45) is 2.99. The molecule has 0 aliphatic heterocycles. The standard InChI is InChI=1S/C20H19ClN4O/c1-13-4-3-5-15(8-13)10-22-20-23-11-16(12-24-20)19(26)25-17-7-6-14(2)18(21)9-17/h3-9,11-12H,10H2,1-2H3,(H,25,26)(H,22,23,24). The molecule has 0 aliphatic rings. The van der Waals surface area contributed by atoms with Crippen molar-refractivity contribution in [2.45, 2.75) is 20.4 Å². The normalized spacial score (nSPS) is 10.4. The Morgan fingerprint density at radius 2 is 1.85 bits per heavy atom. The van der Waals surface area contributed by atoms with E-state index in [2.05, 4.69) is 39.7 Å². The van der Waals surface area contributed by atoms with E-state index in [0.717, 1.165) is 11.1 Å². The molecule has 3 rings (SSSR count). The maximum Gasteiger partial charge on any atom is 0.258 e. The summed E-state index contributed by atoms with van der Waals surface area (Å²) in [5.74, 6) is 0.191. The Hall–Kier alpha value is -2.92. The molecule has 1 aromatic heterocycles. The third kappa shape index (κ3) is 4.58. The average molecular weight is 367 g/mol. The van der Waals surface area contributed by atoms with Gasteiger partial charge in [0.1, 0.15) is 0 Å². The second-order valence-corrected chi connectivity index (χ2v) is 6.46. The number of nitrogens with zero attached hydrogens (tertiary/aromatic N) is 2. The minimum Gasteiger partial charge on any atom is -0.350 e. The molecule has 0 unspecified atom stereocenters. The zero-order valence-corrected chi connectivity index (χ0v) is 15.3. The van der Waals surface area contributed by atoms with Gasteiger partial charge in [-0.3, -0.25) is 4.79 Å². The fourth-order valence-corrected chi connectivity index (χ4v) is 2.59. The number of amides is 1. The lowest BCUT2D eigenvalue weighted by Gasteiger charge is -2.08. The van der Waals surface area contributed by atoms with Gasteiger partial charge < -0.3 is 10.6 Å². The molecular weight excluding hydrogens is 348 g/mol. The first-order valence-corrected chi connectivity index (χ1v) is 8.58. The van der Waals surface area contributed by atoms with Gasteiger partial charge in [0.05, 0.1) is 5.56 Å². The van der Waals surface area contributed by atoms with E-state index in [9.17, 15) is 4.79 Å². The second-order valence-electron chi connectivity index (χ2n) is 6.06. The van der Waals surface area contributed by atoms with Crippen LogP contribution in [-0.2, 0) is 6.54 Å². The van der Waals surface area contributed by atoms with E-state index in [-0.39, 0.29) is 5.91 Å². The number of carbonyl (C=O) groups excluding carboxylic acids is 1. The van der Waals surface area contributed by atoms with Crippen molar-refractivity contribution in [3.8, 4) is 0 Å². The molecule has 3 aromatic rings. The number of nitrogens with one attached hydrogen (secondary N) is 2. The van der Waals surface area contributed by atoms with Crippen LogP contribution in [-0.4, -0.2) is 15.9 Å². The van der Waals surface area contributed by atoms with Crippen molar-refractivity contribution in [2.24, 2.45) is 0 Å². The van der Waals surface area contributed by atoms with E-state index in [4.69, 9.17) is 11.6 Å². The lowest BCUT2D eigenvalue weighted by atomic mass is 10.1. The number of hydrogen-bond donors (Lipinski definition) is 2. The second kappa shape index (κ2) is 7.97. The summed E-state index contributed by atoms with van der Waals surface area (Å²) in [5, 5.41) is 6.54. The summed E-state index contributed by atoms with van der Waals surface area (Å²) >= 11 is 6.07. The van der Waals surface area contributed by atoms with Crippen molar-refractivity contribution in [3.05, 3.63) is 82.1 Å². The van der Waals surface area contributed by atoms with Crippen LogP contribution in [0.1, 0.15) is 27.0 Å². The largest absolute Gasteiger partial charge is 0.350 e. The Kier molecular flexibility index (Phi) is 5.49. The predicted octanol–water partition coefficient (Wildman–Crippen LogP) is 4.61. The fraction of sp³-hybridized carbons (Fsp3) is 0.150. The predicted molar refractivity (Wildman–Crippen MR) is 105 cm³/mol. The molecule has 1 heterocycles. The number of carbonyl (C=O) groups is 1. The Labute approximate surface area is 157 Å². The molecular formula is C20H19ClN4O. The Balaban J connectivity index is 1.61. The summed E-state index contributed by atoms with van der Waals surface area (Å²) in [6, 6.07) is 13.6. The fourth-order valence-electron chi connectivity index (χ4n) is 2.41. The van der Waals surface area contributed by atoms with E-state index < -0.39 is 0 Å². The van der Waals surface area contributed by atoms with Gasteiger partial charge in [-0.15, -0.1) is 0 Å². The van der Waals surface area contributed by atoms with Gasteiger partial charge in [0.15, 0.2) is 0 Å². The van der Waals surface area contributed by atoms with Crippen LogP contribution in [0.15, 0.2) is 54.9 Å². The summed E-state index contributed by atoms with van der Waals surface area (Å²) in [4.78, 5) is 20.7. The summed E-state index contributed by atoms with van der Waals surface area (Å²) in [6.45, 7) is 4.58. The van der Waals surface area contributed by atoms with Crippen LogP contribution in [0, 0.1) is 13.8 Å². The average Bonchev–Trinajstić information content (AvgIpc) is 2.63.